The maximum Gasteiger partial charge on any atom is 4.00 e. The van der Waals surface area contributed by atoms with E-state index in [-0.39, 0.29) is 21.7 Å². The summed E-state index contributed by atoms with van der Waals surface area (Å²) in [5.74, 6) is 0. The molecule has 0 aliphatic heterocycles. The fourth-order valence-electron chi connectivity index (χ4n) is 3.30. The second-order valence-electron chi connectivity index (χ2n) is 8.55. The summed E-state index contributed by atoms with van der Waals surface area (Å²) in [7, 11) is 0. The summed E-state index contributed by atoms with van der Waals surface area (Å²) in [5.41, 5.74) is 13.6. The first-order chi connectivity index (χ1) is 15.6. The zero-order chi connectivity index (χ0) is 25.0. The van der Waals surface area contributed by atoms with E-state index in [2.05, 4.69) is 87.1 Å². The Labute approximate surface area is 224 Å². The standard InChI is InChI=1S/2C9H13.C8H7.C7H7.Ti/c2*1-6-5-7(2)9(4)8(6)3;1-2-8-6-4-3-5-7-8;1-7-5-3-2-4-6-7;/h2*5H,1-4H3;3-7H,1H2;2-6H,1H2;/q4*-1;+4. The molecule has 0 saturated carbocycles. The Hall–Kier alpha value is -2.54. The fraction of sp³-hybridized carbons (Fsp3) is 0.242. The van der Waals surface area contributed by atoms with Crippen molar-refractivity contribution in [3.63, 3.8) is 0 Å². The topological polar surface area (TPSA) is 0 Å². The summed E-state index contributed by atoms with van der Waals surface area (Å²) >= 11 is 0. The molecule has 0 amide bonds. The summed E-state index contributed by atoms with van der Waals surface area (Å²) in [5, 5.41) is 0. The van der Waals surface area contributed by atoms with Crippen molar-refractivity contribution < 1.29 is 21.7 Å². The van der Waals surface area contributed by atoms with Gasteiger partial charge in [0.25, 0.3) is 0 Å². The van der Waals surface area contributed by atoms with Crippen LogP contribution in [0.3, 0.4) is 0 Å². The Balaban J connectivity index is 0.000000425. The molecule has 0 bridgehead atoms. The zero-order valence-electron chi connectivity index (χ0n) is 22.3. The van der Waals surface area contributed by atoms with Gasteiger partial charge in [0, 0.05) is 0 Å². The first-order valence-corrected chi connectivity index (χ1v) is 11.4. The molecule has 0 aliphatic carbocycles. The van der Waals surface area contributed by atoms with E-state index in [4.69, 9.17) is 0 Å². The van der Waals surface area contributed by atoms with Gasteiger partial charge in [0.05, 0.1) is 0 Å². The van der Waals surface area contributed by atoms with Crippen LogP contribution >= 0.6 is 0 Å². The van der Waals surface area contributed by atoms with Gasteiger partial charge in [-0.1, -0.05) is 67.5 Å². The summed E-state index contributed by atoms with van der Waals surface area (Å²) in [6.07, 6.45) is 2.78. The van der Waals surface area contributed by atoms with Gasteiger partial charge in [0.1, 0.15) is 0 Å². The van der Waals surface area contributed by atoms with Crippen molar-refractivity contribution in [2.24, 2.45) is 0 Å². The number of hydrogen-bond acceptors (Lipinski definition) is 0. The van der Waals surface area contributed by atoms with Crippen LogP contribution in [0.5, 0.6) is 0 Å². The number of hydrogen-bond donors (Lipinski definition) is 0. The molecule has 1 heteroatoms. The van der Waals surface area contributed by atoms with Gasteiger partial charge < -0.3 is 0 Å². The van der Waals surface area contributed by atoms with Crippen LogP contribution < -0.4 is 0 Å². The third-order valence-corrected chi connectivity index (χ3v) is 6.18. The molecule has 0 atom stereocenters. The number of aryl methyl sites for hydroxylation is 4. The van der Waals surface area contributed by atoms with Crippen molar-refractivity contribution >= 4 is 0 Å². The van der Waals surface area contributed by atoms with Gasteiger partial charge in [0.2, 0.25) is 0 Å². The molecule has 0 radical (unpaired) electrons. The van der Waals surface area contributed by atoms with Gasteiger partial charge in [-0.25, -0.2) is 0 Å². The van der Waals surface area contributed by atoms with E-state index in [9.17, 15) is 0 Å². The van der Waals surface area contributed by atoms with Crippen molar-refractivity contribution in [3.8, 4) is 0 Å². The largest absolute Gasteiger partial charge is 4.00 e. The van der Waals surface area contributed by atoms with E-state index < -0.39 is 0 Å². The van der Waals surface area contributed by atoms with E-state index in [1.165, 1.54) is 44.5 Å². The van der Waals surface area contributed by atoms with Crippen LogP contribution in [0.25, 0.3) is 0 Å². The van der Waals surface area contributed by atoms with Crippen molar-refractivity contribution in [1.29, 1.82) is 0 Å². The second-order valence-corrected chi connectivity index (χ2v) is 8.55. The van der Waals surface area contributed by atoms with Gasteiger partial charge in [-0.3, -0.25) is 0 Å². The molecular formula is C33H40Ti. The molecule has 0 unspecified atom stereocenters. The van der Waals surface area contributed by atoms with Gasteiger partial charge in [-0.15, -0.1) is 24.3 Å². The van der Waals surface area contributed by atoms with Crippen LogP contribution in [-0.4, -0.2) is 0 Å². The monoisotopic (exact) mass is 484 g/mol. The number of rotatable bonds is 1. The second kappa shape index (κ2) is 16.2. The van der Waals surface area contributed by atoms with Crippen molar-refractivity contribution in [2.75, 3.05) is 0 Å². The van der Waals surface area contributed by atoms with Crippen molar-refractivity contribution in [1.82, 2.24) is 0 Å². The molecule has 0 aromatic heterocycles. The molecular weight excluding hydrogens is 444 g/mol. The molecule has 4 aromatic carbocycles. The molecule has 0 N–H and O–H groups in total. The third-order valence-electron chi connectivity index (χ3n) is 6.18. The smallest absolute Gasteiger partial charge is 0.199 e. The average Bonchev–Trinajstić information content (AvgIpc) is 3.18. The van der Waals surface area contributed by atoms with E-state index in [1.54, 1.807) is 0 Å². The van der Waals surface area contributed by atoms with Gasteiger partial charge in [-0.2, -0.15) is 112 Å². The predicted molar refractivity (Wildman–Crippen MR) is 147 cm³/mol. The molecule has 0 aliphatic rings. The molecule has 0 fully saturated rings. The Morgan fingerprint density at radius 1 is 0.559 bits per heavy atom. The van der Waals surface area contributed by atoms with Crippen LogP contribution in [0.2, 0.25) is 0 Å². The first-order valence-electron chi connectivity index (χ1n) is 11.4. The SMILES string of the molecule is C=[C-]c1ccccc1.Cc1[cH-]c(C)c(C)c1C.Cc1[cH-]c(C)c(C)c1C.[CH2-]c1ccccc1.[Ti+4]. The Morgan fingerprint density at radius 2 is 0.853 bits per heavy atom. The molecule has 34 heavy (non-hydrogen) atoms. The maximum atomic E-state index is 3.72. The van der Waals surface area contributed by atoms with Crippen LogP contribution in [0.15, 0.2) is 79.4 Å². The van der Waals surface area contributed by atoms with E-state index >= 15 is 0 Å². The minimum Gasteiger partial charge on any atom is -0.199 e. The molecule has 4 rings (SSSR count). The Kier molecular flexibility index (Phi) is 14.9. The molecule has 176 valence electrons. The molecule has 4 aromatic rings. The normalized spacial score (nSPS) is 9.18. The number of benzene rings is 2. The summed E-state index contributed by atoms with van der Waals surface area (Å²) in [6.45, 7) is 24.6. The maximum absolute atomic E-state index is 3.72. The van der Waals surface area contributed by atoms with E-state index in [0.29, 0.717) is 0 Å². The van der Waals surface area contributed by atoms with Gasteiger partial charge in [0.15, 0.2) is 0 Å². The molecule has 0 nitrogen and oxygen atoms in total. The van der Waals surface area contributed by atoms with E-state index in [0.717, 1.165) is 11.1 Å². The minimum absolute atomic E-state index is 0. The molecule has 0 spiro atoms. The van der Waals surface area contributed by atoms with Crippen LogP contribution in [-0.2, 0) is 21.7 Å². The average molecular weight is 485 g/mol. The summed E-state index contributed by atoms with van der Waals surface area (Å²) in [4.78, 5) is 0. The summed E-state index contributed by atoms with van der Waals surface area (Å²) < 4.78 is 0. The van der Waals surface area contributed by atoms with Crippen LogP contribution in [0, 0.1) is 68.4 Å². The molecule has 0 saturated heterocycles. The van der Waals surface area contributed by atoms with Crippen molar-refractivity contribution in [3.05, 3.63) is 148 Å². The predicted octanol–water partition coefficient (Wildman–Crippen LogP) is 9.17. The van der Waals surface area contributed by atoms with Crippen molar-refractivity contribution in [2.45, 2.75) is 55.4 Å². The van der Waals surface area contributed by atoms with Crippen LogP contribution in [0.4, 0.5) is 0 Å². The van der Waals surface area contributed by atoms with Crippen LogP contribution in [0.1, 0.15) is 55.6 Å². The Bertz CT molecular complexity index is 997. The first kappa shape index (κ1) is 31.5. The third kappa shape index (κ3) is 10.6. The summed E-state index contributed by atoms with van der Waals surface area (Å²) in [6, 6.07) is 24.2. The van der Waals surface area contributed by atoms with Gasteiger partial charge in [-0.05, 0) is 0 Å². The fourth-order valence-corrected chi connectivity index (χ4v) is 3.30. The zero-order valence-corrected chi connectivity index (χ0v) is 23.9. The van der Waals surface area contributed by atoms with E-state index in [1.807, 2.05) is 60.7 Å². The molecule has 0 heterocycles. The minimum atomic E-state index is 0. The Morgan fingerprint density at radius 3 is 1.00 bits per heavy atom. The van der Waals surface area contributed by atoms with Gasteiger partial charge >= 0.3 is 21.7 Å². The quantitative estimate of drug-likeness (QED) is 0.187.